The molecule has 0 bridgehead atoms. The summed E-state index contributed by atoms with van der Waals surface area (Å²) in [4.78, 5) is 0. The van der Waals surface area contributed by atoms with Crippen LogP contribution in [0.4, 0.5) is 0 Å². The average Bonchev–Trinajstić information content (AvgIpc) is 2.53. The van der Waals surface area contributed by atoms with Gasteiger partial charge in [0.05, 0.1) is 6.10 Å². The molecular weight excluding hydrogens is 365 g/mol. The number of alkyl halides is 1. The van der Waals surface area contributed by atoms with Crippen LogP contribution in [-0.2, 0) is 11.0 Å². The van der Waals surface area contributed by atoms with Gasteiger partial charge in [-0.2, -0.15) is 0 Å². The van der Waals surface area contributed by atoms with Crippen LogP contribution in [0.2, 0.25) is 0 Å². The molecule has 3 nitrogen and oxygen atoms in total. The SMILES string of the molecule is NC[C@@H](O)c1ccc(OCc2ccccc2)c(CI)c1. The Morgan fingerprint density at radius 1 is 1.15 bits per heavy atom. The van der Waals surface area contributed by atoms with Crippen LogP contribution in [0.1, 0.15) is 22.8 Å². The van der Waals surface area contributed by atoms with Crippen molar-refractivity contribution in [3.8, 4) is 5.75 Å². The monoisotopic (exact) mass is 383 g/mol. The quantitative estimate of drug-likeness (QED) is 0.595. The molecule has 0 saturated carbocycles. The first-order valence-corrected chi connectivity index (χ1v) is 8.00. The van der Waals surface area contributed by atoms with E-state index in [2.05, 4.69) is 22.6 Å². The third-order valence-corrected chi connectivity index (χ3v) is 3.90. The highest BCUT2D eigenvalue weighted by molar-refractivity contribution is 14.1. The Morgan fingerprint density at radius 3 is 2.55 bits per heavy atom. The second kappa shape index (κ2) is 7.61. The van der Waals surface area contributed by atoms with E-state index in [-0.39, 0.29) is 6.54 Å². The minimum Gasteiger partial charge on any atom is -0.489 e. The molecule has 0 saturated heterocycles. The van der Waals surface area contributed by atoms with Gasteiger partial charge >= 0.3 is 0 Å². The molecular formula is C16H18INO2. The van der Waals surface area contributed by atoms with E-state index in [9.17, 15) is 5.11 Å². The number of aliphatic hydroxyl groups is 1. The lowest BCUT2D eigenvalue weighted by Crippen LogP contribution is -2.11. The summed E-state index contributed by atoms with van der Waals surface area (Å²) in [5.41, 5.74) is 8.54. The van der Waals surface area contributed by atoms with Gasteiger partial charge in [0, 0.05) is 16.5 Å². The average molecular weight is 383 g/mol. The van der Waals surface area contributed by atoms with Gasteiger partial charge in [-0.3, -0.25) is 0 Å². The summed E-state index contributed by atoms with van der Waals surface area (Å²) in [6, 6.07) is 15.8. The molecule has 0 fully saturated rings. The van der Waals surface area contributed by atoms with Crippen molar-refractivity contribution in [2.24, 2.45) is 5.73 Å². The number of nitrogens with two attached hydrogens (primary N) is 1. The number of aliphatic hydroxyl groups excluding tert-OH is 1. The number of ether oxygens (including phenoxy) is 1. The molecule has 0 aliphatic rings. The molecule has 2 rings (SSSR count). The molecule has 0 radical (unpaired) electrons. The van der Waals surface area contributed by atoms with Gasteiger partial charge in [-0.25, -0.2) is 0 Å². The molecule has 0 aliphatic carbocycles. The Kier molecular flexibility index (Phi) is 5.82. The zero-order chi connectivity index (χ0) is 14.4. The van der Waals surface area contributed by atoms with Crippen LogP contribution in [0.25, 0.3) is 0 Å². The van der Waals surface area contributed by atoms with Crippen LogP contribution in [0.5, 0.6) is 5.75 Å². The van der Waals surface area contributed by atoms with Gasteiger partial charge in [-0.1, -0.05) is 59.0 Å². The number of hydrogen-bond donors (Lipinski definition) is 2. The molecule has 0 heterocycles. The zero-order valence-electron chi connectivity index (χ0n) is 11.1. The molecule has 0 spiro atoms. The summed E-state index contributed by atoms with van der Waals surface area (Å²) < 4.78 is 6.69. The Hall–Kier alpha value is -1.11. The van der Waals surface area contributed by atoms with Crippen LogP contribution in [-0.4, -0.2) is 11.7 Å². The second-order valence-electron chi connectivity index (χ2n) is 4.53. The van der Waals surface area contributed by atoms with Crippen molar-refractivity contribution in [3.63, 3.8) is 0 Å². The summed E-state index contributed by atoms with van der Waals surface area (Å²) in [5, 5.41) is 9.78. The van der Waals surface area contributed by atoms with E-state index >= 15 is 0 Å². The molecule has 4 heteroatoms. The van der Waals surface area contributed by atoms with Crippen LogP contribution < -0.4 is 10.5 Å². The Labute approximate surface area is 132 Å². The highest BCUT2D eigenvalue weighted by Crippen LogP contribution is 2.26. The third kappa shape index (κ3) is 3.94. The summed E-state index contributed by atoms with van der Waals surface area (Å²) in [6.45, 7) is 0.772. The lowest BCUT2D eigenvalue weighted by molar-refractivity contribution is 0.186. The van der Waals surface area contributed by atoms with Gasteiger partial charge in [0.1, 0.15) is 12.4 Å². The smallest absolute Gasteiger partial charge is 0.123 e. The number of rotatable bonds is 6. The van der Waals surface area contributed by atoms with Crippen molar-refractivity contribution in [1.82, 2.24) is 0 Å². The highest BCUT2D eigenvalue weighted by atomic mass is 127. The van der Waals surface area contributed by atoms with Crippen molar-refractivity contribution in [1.29, 1.82) is 0 Å². The van der Waals surface area contributed by atoms with Crippen molar-refractivity contribution in [2.75, 3.05) is 6.54 Å². The molecule has 0 aromatic heterocycles. The Bertz CT molecular complexity index is 545. The van der Waals surface area contributed by atoms with E-state index in [0.29, 0.717) is 6.61 Å². The summed E-state index contributed by atoms with van der Waals surface area (Å²) >= 11 is 2.29. The van der Waals surface area contributed by atoms with Gasteiger partial charge in [0.15, 0.2) is 0 Å². The molecule has 0 unspecified atom stereocenters. The van der Waals surface area contributed by atoms with Gasteiger partial charge in [0.25, 0.3) is 0 Å². The van der Waals surface area contributed by atoms with Gasteiger partial charge in [-0.15, -0.1) is 0 Å². The first-order valence-electron chi connectivity index (χ1n) is 6.48. The molecule has 106 valence electrons. The summed E-state index contributed by atoms with van der Waals surface area (Å²) in [5.74, 6) is 0.858. The molecule has 3 N–H and O–H groups in total. The zero-order valence-corrected chi connectivity index (χ0v) is 13.3. The normalized spacial score (nSPS) is 12.2. The second-order valence-corrected chi connectivity index (χ2v) is 5.29. The van der Waals surface area contributed by atoms with E-state index < -0.39 is 6.10 Å². The fourth-order valence-corrected chi connectivity index (χ4v) is 2.52. The third-order valence-electron chi connectivity index (χ3n) is 3.07. The summed E-state index contributed by atoms with van der Waals surface area (Å²) in [6.07, 6.45) is -0.611. The summed E-state index contributed by atoms with van der Waals surface area (Å²) in [7, 11) is 0. The van der Waals surface area contributed by atoms with Crippen LogP contribution in [0, 0.1) is 0 Å². The Morgan fingerprint density at radius 2 is 1.90 bits per heavy atom. The molecule has 0 aliphatic heterocycles. The maximum Gasteiger partial charge on any atom is 0.123 e. The van der Waals surface area contributed by atoms with Crippen molar-refractivity contribution in [3.05, 3.63) is 65.2 Å². The van der Waals surface area contributed by atoms with Crippen molar-refractivity contribution >= 4 is 22.6 Å². The molecule has 20 heavy (non-hydrogen) atoms. The van der Waals surface area contributed by atoms with E-state index in [1.165, 1.54) is 0 Å². The molecule has 0 amide bonds. The molecule has 2 aromatic rings. The topological polar surface area (TPSA) is 55.5 Å². The van der Waals surface area contributed by atoms with Crippen molar-refractivity contribution < 1.29 is 9.84 Å². The predicted octanol–water partition coefficient (Wildman–Crippen LogP) is 3.19. The Balaban J connectivity index is 2.11. The van der Waals surface area contributed by atoms with Gasteiger partial charge < -0.3 is 15.6 Å². The lowest BCUT2D eigenvalue weighted by atomic mass is 10.1. The van der Waals surface area contributed by atoms with E-state index in [0.717, 1.165) is 26.9 Å². The minimum absolute atomic E-state index is 0.227. The van der Waals surface area contributed by atoms with Crippen LogP contribution in [0.3, 0.4) is 0 Å². The highest BCUT2D eigenvalue weighted by Gasteiger charge is 2.09. The van der Waals surface area contributed by atoms with E-state index in [1.807, 2.05) is 48.5 Å². The predicted molar refractivity (Wildman–Crippen MR) is 89.0 cm³/mol. The van der Waals surface area contributed by atoms with Crippen LogP contribution in [0.15, 0.2) is 48.5 Å². The first kappa shape index (κ1) is 15.3. The molecule has 2 aromatic carbocycles. The first-order chi connectivity index (χ1) is 9.74. The fourth-order valence-electron chi connectivity index (χ4n) is 1.92. The fraction of sp³-hybridized carbons (Fsp3) is 0.250. The minimum atomic E-state index is -0.611. The largest absolute Gasteiger partial charge is 0.489 e. The molecule has 1 atom stereocenters. The van der Waals surface area contributed by atoms with E-state index in [4.69, 9.17) is 10.5 Å². The number of hydrogen-bond acceptors (Lipinski definition) is 3. The maximum atomic E-state index is 9.78. The standard InChI is InChI=1S/C16H18INO2/c17-9-14-8-13(15(19)10-18)6-7-16(14)20-11-12-4-2-1-3-5-12/h1-8,15,19H,9-11,18H2/t15-/m1/s1. The number of benzene rings is 2. The van der Waals surface area contributed by atoms with Crippen LogP contribution >= 0.6 is 22.6 Å². The van der Waals surface area contributed by atoms with Crippen molar-refractivity contribution in [2.45, 2.75) is 17.1 Å². The lowest BCUT2D eigenvalue weighted by Gasteiger charge is -2.14. The maximum absolute atomic E-state index is 9.78. The van der Waals surface area contributed by atoms with Gasteiger partial charge in [0.2, 0.25) is 0 Å². The number of halogens is 1. The van der Waals surface area contributed by atoms with Gasteiger partial charge in [-0.05, 0) is 23.3 Å². The van der Waals surface area contributed by atoms with E-state index in [1.54, 1.807) is 0 Å².